The van der Waals surface area contributed by atoms with Crippen LogP contribution < -0.4 is 5.32 Å². The van der Waals surface area contributed by atoms with Gasteiger partial charge in [0.25, 0.3) is 5.91 Å². The van der Waals surface area contributed by atoms with Crippen LogP contribution in [0.25, 0.3) is 10.2 Å². The van der Waals surface area contributed by atoms with Crippen molar-refractivity contribution in [1.82, 2.24) is 4.98 Å². The molecule has 0 aliphatic rings. The van der Waals surface area contributed by atoms with E-state index in [1.165, 1.54) is 16.9 Å². The van der Waals surface area contributed by atoms with Gasteiger partial charge in [0.2, 0.25) is 0 Å². The first-order valence-corrected chi connectivity index (χ1v) is 8.09. The van der Waals surface area contributed by atoms with Crippen molar-refractivity contribution in [3.63, 3.8) is 0 Å². The molecule has 2 aromatic carbocycles. The van der Waals surface area contributed by atoms with Crippen LogP contribution in [-0.2, 0) is 0 Å². The SMILES string of the molecule is Cc1ccc(C(=O)Nc2nc3c(C)cc(Cl)cc3s2)cc1C. The minimum absolute atomic E-state index is 0.147. The molecule has 0 bridgehead atoms. The fraction of sp³-hybridized carbons (Fsp3) is 0.176. The molecular weight excluding hydrogens is 316 g/mol. The molecule has 0 atom stereocenters. The number of nitrogens with zero attached hydrogens (tertiary/aromatic N) is 1. The number of carbonyl (C=O) groups excluding carboxylic acids is 1. The van der Waals surface area contributed by atoms with Crippen molar-refractivity contribution >= 4 is 44.2 Å². The third kappa shape index (κ3) is 2.85. The lowest BCUT2D eigenvalue weighted by atomic mass is 10.1. The normalized spacial score (nSPS) is 10.9. The van der Waals surface area contributed by atoms with E-state index in [2.05, 4.69) is 10.3 Å². The summed E-state index contributed by atoms with van der Waals surface area (Å²) >= 11 is 7.49. The van der Waals surface area contributed by atoms with Gasteiger partial charge in [0, 0.05) is 10.6 Å². The Kier molecular flexibility index (Phi) is 3.89. The molecule has 1 aromatic heterocycles. The fourth-order valence-corrected chi connectivity index (χ4v) is 3.58. The minimum Gasteiger partial charge on any atom is -0.298 e. The van der Waals surface area contributed by atoms with E-state index >= 15 is 0 Å². The molecule has 5 heteroatoms. The third-order valence-corrected chi connectivity index (χ3v) is 4.78. The number of amides is 1. The van der Waals surface area contributed by atoms with Crippen molar-refractivity contribution in [2.24, 2.45) is 0 Å². The Morgan fingerprint density at radius 2 is 1.86 bits per heavy atom. The van der Waals surface area contributed by atoms with E-state index in [-0.39, 0.29) is 5.91 Å². The lowest BCUT2D eigenvalue weighted by Gasteiger charge is -2.04. The smallest absolute Gasteiger partial charge is 0.257 e. The molecule has 0 aliphatic heterocycles. The van der Waals surface area contributed by atoms with Crippen molar-refractivity contribution in [2.75, 3.05) is 5.32 Å². The summed E-state index contributed by atoms with van der Waals surface area (Å²) in [6, 6.07) is 9.41. The first kappa shape index (κ1) is 15.0. The molecule has 22 heavy (non-hydrogen) atoms. The van der Waals surface area contributed by atoms with E-state index in [1.807, 2.05) is 51.1 Å². The second kappa shape index (κ2) is 5.71. The van der Waals surface area contributed by atoms with Crippen LogP contribution in [0.3, 0.4) is 0 Å². The van der Waals surface area contributed by atoms with Gasteiger partial charge >= 0.3 is 0 Å². The lowest BCUT2D eigenvalue weighted by Crippen LogP contribution is -2.11. The van der Waals surface area contributed by atoms with E-state index in [1.54, 1.807) is 0 Å². The second-order valence-corrected chi connectivity index (χ2v) is 6.81. The Balaban J connectivity index is 1.90. The molecule has 0 saturated heterocycles. The number of rotatable bonds is 2. The van der Waals surface area contributed by atoms with Crippen molar-refractivity contribution in [3.8, 4) is 0 Å². The van der Waals surface area contributed by atoms with Crippen LogP contribution in [0.15, 0.2) is 30.3 Å². The predicted molar refractivity (Wildman–Crippen MR) is 93.2 cm³/mol. The number of hydrogen-bond donors (Lipinski definition) is 1. The van der Waals surface area contributed by atoms with Gasteiger partial charge in [0.15, 0.2) is 5.13 Å². The number of anilines is 1. The molecule has 1 heterocycles. The van der Waals surface area contributed by atoms with Gasteiger partial charge in [-0.15, -0.1) is 0 Å². The lowest BCUT2D eigenvalue weighted by molar-refractivity contribution is 0.102. The van der Waals surface area contributed by atoms with Gasteiger partial charge in [-0.25, -0.2) is 4.98 Å². The molecule has 0 saturated carbocycles. The number of aryl methyl sites for hydroxylation is 3. The molecule has 1 amide bonds. The van der Waals surface area contributed by atoms with Gasteiger partial charge in [-0.05, 0) is 61.7 Å². The zero-order chi connectivity index (χ0) is 15.9. The van der Waals surface area contributed by atoms with Crippen molar-refractivity contribution in [2.45, 2.75) is 20.8 Å². The number of halogens is 1. The summed E-state index contributed by atoms with van der Waals surface area (Å²) in [6.45, 7) is 5.98. The Bertz CT molecular complexity index is 886. The van der Waals surface area contributed by atoms with Gasteiger partial charge in [0.05, 0.1) is 10.2 Å². The molecular formula is C17H15ClN2OS. The number of thiazole rings is 1. The van der Waals surface area contributed by atoms with Crippen LogP contribution in [0.2, 0.25) is 5.02 Å². The molecule has 112 valence electrons. The zero-order valence-electron chi connectivity index (χ0n) is 12.5. The van der Waals surface area contributed by atoms with Crippen LogP contribution >= 0.6 is 22.9 Å². The maximum atomic E-state index is 12.3. The minimum atomic E-state index is -0.147. The highest BCUT2D eigenvalue weighted by atomic mass is 35.5. The van der Waals surface area contributed by atoms with Crippen LogP contribution in [0, 0.1) is 20.8 Å². The van der Waals surface area contributed by atoms with Crippen molar-refractivity contribution < 1.29 is 4.79 Å². The van der Waals surface area contributed by atoms with E-state index < -0.39 is 0 Å². The number of benzene rings is 2. The summed E-state index contributed by atoms with van der Waals surface area (Å²) in [6.07, 6.45) is 0. The van der Waals surface area contributed by atoms with Gasteiger partial charge in [-0.3, -0.25) is 10.1 Å². The van der Waals surface area contributed by atoms with E-state index in [0.717, 1.165) is 21.3 Å². The monoisotopic (exact) mass is 330 g/mol. The number of hydrogen-bond acceptors (Lipinski definition) is 3. The topological polar surface area (TPSA) is 42.0 Å². The second-order valence-electron chi connectivity index (χ2n) is 5.34. The van der Waals surface area contributed by atoms with Gasteiger partial charge < -0.3 is 0 Å². The molecule has 0 radical (unpaired) electrons. The molecule has 0 unspecified atom stereocenters. The maximum absolute atomic E-state index is 12.3. The standard InChI is InChI=1S/C17H15ClN2OS/c1-9-4-5-12(6-10(9)2)16(21)20-17-19-15-11(3)7-13(18)8-14(15)22-17/h4-8H,1-3H3,(H,19,20,21). The summed E-state index contributed by atoms with van der Waals surface area (Å²) in [5, 5.41) is 4.13. The first-order valence-electron chi connectivity index (χ1n) is 6.89. The molecule has 0 fully saturated rings. The van der Waals surface area contributed by atoms with Gasteiger partial charge in [0.1, 0.15) is 0 Å². The number of carbonyl (C=O) groups is 1. The van der Waals surface area contributed by atoms with E-state index in [9.17, 15) is 4.79 Å². The summed E-state index contributed by atoms with van der Waals surface area (Å²) < 4.78 is 0.973. The molecule has 3 rings (SSSR count). The van der Waals surface area contributed by atoms with Crippen LogP contribution in [-0.4, -0.2) is 10.9 Å². The van der Waals surface area contributed by atoms with E-state index in [0.29, 0.717) is 15.7 Å². The van der Waals surface area contributed by atoms with Crippen molar-refractivity contribution in [3.05, 3.63) is 57.6 Å². The van der Waals surface area contributed by atoms with Gasteiger partial charge in [-0.1, -0.05) is 29.0 Å². The highest BCUT2D eigenvalue weighted by molar-refractivity contribution is 7.22. The Morgan fingerprint density at radius 1 is 1.09 bits per heavy atom. The first-order chi connectivity index (χ1) is 10.4. The Hall–Kier alpha value is -1.91. The Morgan fingerprint density at radius 3 is 2.59 bits per heavy atom. The van der Waals surface area contributed by atoms with E-state index in [4.69, 9.17) is 11.6 Å². The fourth-order valence-electron chi connectivity index (χ4n) is 2.26. The zero-order valence-corrected chi connectivity index (χ0v) is 14.1. The summed E-state index contributed by atoms with van der Waals surface area (Å²) in [4.78, 5) is 16.8. The summed E-state index contributed by atoms with van der Waals surface area (Å²) in [7, 11) is 0. The summed E-state index contributed by atoms with van der Waals surface area (Å²) in [5.74, 6) is -0.147. The highest BCUT2D eigenvalue weighted by Crippen LogP contribution is 2.31. The molecule has 0 aliphatic carbocycles. The molecule has 3 nitrogen and oxygen atoms in total. The third-order valence-electron chi connectivity index (χ3n) is 3.64. The summed E-state index contributed by atoms with van der Waals surface area (Å²) in [5.41, 5.74) is 4.79. The molecule has 3 aromatic rings. The van der Waals surface area contributed by atoms with Crippen LogP contribution in [0.5, 0.6) is 0 Å². The molecule has 1 N–H and O–H groups in total. The largest absolute Gasteiger partial charge is 0.298 e. The van der Waals surface area contributed by atoms with Gasteiger partial charge in [-0.2, -0.15) is 0 Å². The maximum Gasteiger partial charge on any atom is 0.257 e. The number of aromatic nitrogens is 1. The average molecular weight is 331 g/mol. The quantitative estimate of drug-likeness (QED) is 0.708. The Labute approximate surface area is 138 Å². The average Bonchev–Trinajstić information content (AvgIpc) is 2.84. The van der Waals surface area contributed by atoms with Crippen LogP contribution in [0.4, 0.5) is 5.13 Å². The molecule has 0 spiro atoms. The highest BCUT2D eigenvalue weighted by Gasteiger charge is 2.12. The van der Waals surface area contributed by atoms with Crippen molar-refractivity contribution in [1.29, 1.82) is 0 Å². The van der Waals surface area contributed by atoms with Crippen LogP contribution in [0.1, 0.15) is 27.0 Å². The number of nitrogens with one attached hydrogen (secondary N) is 1. The predicted octanol–water partition coefficient (Wildman–Crippen LogP) is 5.13. The number of fused-ring (bicyclic) bond motifs is 1.